The molecule has 0 aliphatic heterocycles. The summed E-state index contributed by atoms with van der Waals surface area (Å²) in [5.74, 6) is 0.0767. The third kappa shape index (κ3) is 13.6. The lowest BCUT2D eigenvalue weighted by Gasteiger charge is -2.46. The fourth-order valence-electron chi connectivity index (χ4n) is 7.50. The highest BCUT2D eigenvalue weighted by Gasteiger charge is 2.47. The molecule has 0 aliphatic rings. The molecule has 0 spiro atoms. The summed E-state index contributed by atoms with van der Waals surface area (Å²) in [6, 6.07) is 3.85. The minimum atomic E-state index is -6.13. The summed E-state index contributed by atoms with van der Waals surface area (Å²) in [6.45, 7) is 0.350. The molecule has 0 atom stereocenters. The van der Waals surface area contributed by atoms with Crippen LogP contribution in [0.2, 0.25) is 5.02 Å². The smallest absolute Gasteiger partial charge is 0.287 e. The summed E-state index contributed by atoms with van der Waals surface area (Å²) in [6.07, 6.45) is -51.1. The van der Waals surface area contributed by atoms with Crippen LogP contribution >= 0.6 is 11.6 Å². The molecule has 6 rings (SSSR count). The lowest BCUT2D eigenvalue weighted by molar-refractivity contribution is -0.683. The lowest BCUT2D eigenvalue weighted by Crippen LogP contribution is -2.75. The van der Waals surface area contributed by atoms with Gasteiger partial charge in [0.2, 0.25) is 12.3 Å². The van der Waals surface area contributed by atoms with Gasteiger partial charge >= 0.3 is 49.4 Å². The number of carbonyl (C=O) groups is 1. The quantitative estimate of drug-likeness (QED) is 0.0675. The second-order valence-electron chi connectivity index (χ2n) is 15.7. The van der Waals surface area contributed by atoms with Crippen LogP contribution in [0.5, 0.6) is 0 Å². The number of aromatic nitrogens is 1. The van der Waals surface area contributed by atoms with Gasteiger partial charge in [-0.25, -0.2) is 0 Å². The number of benzene rings is 5. The Hall–Kier alpha value is -6.41. The number of ketones is 1. The van der Waals surface area contributed by atoms with Gasteiger partial charge in [0.25, 0.3) is 0 Å². The number of carbonyl (C=O) groups excluding carboxylic acids is 1. The van der Waals surface area contributed by atoms with Crippen LogP contribution in [-0.2, 0) is 56.0 Å². The number of nitrogens with zero attached hydrogens (tertiary/aromatic N) is 1. The number of hydrogen-bond donors (Lipinski definition) is 0. The number of alkyl halides is 24. The first-order valence-electron chi connectivity index (χ1n) is 19.6. The van der Waals surface area contributed by atoms with E-state index in [1.807, 2.05) is 35.2 Å². The molecule has 73 heavy (non-hydrogen) atoms. The minimum absolute atomic E-state index is 0.0767. The molecule has 0 N–H and O–H groups in total. The Morgan fingerprint density at radius 2 is 0.575 bits per heavy atom. The van der Waals surface area contributed by atoms with Crippen LogP contribution in [0.4, 0.5) is 105 Å². The van der Waals surface area contributed by atoms with Crippen LogP contribution in [0.15, 0.2) is 128 Å². The van der Waals surface area contributed by atoms with Gasteiger partial charge in [-0.15, -0.1) is 0 Å². The number of halogens is 25. The van der Waals surface area contributed by atoms with E-state index in [2.05, 4.69) is 0 Å². The first-order chi connectivity index (χ1) is 33.0. The number of rotatable bonds is 7. The van der Waals surface area contributed by atoms with Gasteiger partial charge in [-0.3, -0.25) is 4.79 Å². The normalized spacial score (nSPS) is 13.4. The zero-order chi connectivity index (χ0) is 55.3. The highest BCUT2D eigenvalue weighted by Crippen LogP contribution is 2.41. The molecule has 28 heteroatoms. The molecule has 0 saturated heterocycles. The SMILES string of the molecule is FC(F)(F)c1cc([B-](c2cc(C(F)(F)F)cc(C(F)(F)F)c2)(c2cc(C(F)(F)F)cc(C(F)(F)F)c2)c2cc(C(F)(F)F)cc(C(F)(F)F)c2)cc(C(F)(F)F)c1.O=C(C[n+]1ccccc1)c1ccc(Cl)cc1. The Bertz CT molecular complexity index is 2510. The molecule has 0 fully saturated rings. The molecule has 0 radical (unpaired) electrons. The topological polar surface area (TPSA) is 20.9 Å². The maximum atomic E-state index is 14.2. The Morgan fingerprint density at radius 3 is 0.781 bits per heavy atom. The Kier molecular flexibility index (Phi) is 15.6. The molecule has 0 amide bonds. The third-order valence-corrected chi connectivity index (χ3v) is 11.0. The Labute approximate surface area is 398 Å². The second kappa shape index (κ2) is 19.8. The molecule has 0 saturated carbocycles. The van der Waals surface area contributed by atoms with Crippen LogP contribution in [0, 0.1) is 0 Å². The fraction of sp³-hybridized carbons (Fsp3) is 0.200. The molecule has 1 heterocycles. The first kappa shape index (κ1) is 57.5. The van der Waals surface area contributed by atoms with E-state index in [0.29, 0.717) is 17.1 Å². The van der Waals surface area contributed by atoms with E-state index < -0.39 is 195 Å². The van der Waals surface area contributed by atoms with Crippen LogP contribution in [0.3, 0.4) is 0 Å². The van der Waals surface area contributed by atoms with Gasteiger partial charge in [-0.2, -0.15) is 132 Å². The van der Waals surface area contributed by atoms with E-state index in [-0.39, 0.29) is 5.78 Å². The van der Waals surface area contributed by atoms with Crippen molar-refractivity contribution in [2.75, 3.05) is 0 Å². The van der Waals surface area contributed by atoms with Crippen molar-refractivity contribution in [3.63, 3.8) is 0 Å². The highest BCUT2D eigenvalue weighted by molar-refractivity contribution is 7.20. The van der Waals surface area contributed by atoms with Gasteiger partial charge in [-0.05, 0) is 48.5 Å². The summed E-state index contributed by atoms with van der Waals surface area (Å²) < 4.78 is 343. The molecular weight excluding hydrogens is 1070 g/mol. The molecule has 5 aromatic carbocycles. The van der Waals surface area contributed by atoms with Crippen LogP contribution in [-0.4, -0.2) is 11.9 Å². The van der Waals surface area contributed by atoms with Gasteiger partial charge in [0, 0.05) is 22.7 Å². The van der Waals surface area contributed by atoms with E-state index in [9.17, 15) is 110 Å². The van der Waals surface area contributed by atoms with Crippen molar-refractivity contribution in [2.24, 2.45) is 0 Å². The predicted molar refractivity (Wildman–Crippen MR) is 212 cm³/mol. The minimum Gasteiger partial charge on any atom is -0.287 e. The van der Waals surface area contributed by atoms with Gasteiger partial charge in [0.05, 0.1) is 44.5 Å². The summed E-state index contributed by atoms with van der Waals surface area (Å²) >= 11 is 5.76. The fourth-order valence-corrected chi connectivity index (χ4v) is 7.63. The van der Waals surface area contributed by atoms with Crippen molar-refractivity contribution in [1.29, 1.82) is 0 Å². The summed E-state index contributed by atoms with van der Waals surface area (Å²) in [4.78, 5) is 11.9. The summed E-state index contributed by atoms with van der Waals surface area (Å²) in [5, 5.41) is 0.643. The van der Waals surface area contributed by atoms with Crippen molar-refractivity contribution in [2.45, 2.75) is 56.0 Å². The van der Waals surface area contributed by atoms with Crippen LogP contribution in [0.25, 0.3) is 0 Å². The molecular formula is C45H23BClF24NO. The van der Waals surface area contributed by atoms with E-state index in [1.54, 1.807) is 24.3 Å². The molecule has 0 unspecified atom stereocenters. The van der Waals surface area contributed by atoms with Crippen molar-refractivity contribution < 1.29 is 115 Å². The average molecular weight is 1100 g/mol. The van der Waals surface area contributed by atoms with Crippen molar-refractivity contribution in [1.82, 2.24) is 0 Å². The van der Waals surface area contributed by atoms with Gasteiger partial charge in [-0.1, -0.05) is 66.2 Å². The maximum Gasteiger partial charge on any atom is 0.416 e. The maximum absolute atomic E-state index is 14.2. The van der Waals surface area contributed by atoms with E-state index in [4.69, 9.17) is 11.6 Å². The zero-order valence-electron chi connectivity index (χ0n) is 35.2. The van der Waals surface area contributed by atoms with E-state index in [0.717, 1.165) is 0 Å². The number of Topliss-reactive ketones (excluding diaryl/α,β-unsaturated/α-hetero) is 1. The van der Waals surface area contributed by atoms with Crippen LogP contribution in [0.1, 0.15) is 54.9 Å². The second-order valence-corrected chi connectivity index (χ2v) is 16.1. The molecule has 2 nitrogen and oxygen atoms in total. The average Bonchev–Trinajstić information content (AvgIpc) is 3.25. The highest BCUT2D eigenvalue weighted by atomic mass is 35.5. The van der Waals surface area contributed by atoms with Crippen molar-refractivity contribution >= 4 is 45.4 Å². The third-order valence-electron chi connectivity index (χ3n) is 10.7. The monoisotopic (exact) mass is 1100 g/mol. The van der Waals surface area contributed by atoms with Gasteiger partial charge < -0.3 is 0 Å². The summed E-state index contributed by atoms with van der Waals surface area (Å²) in [7, 11) is 0. The van der Waals surface area contributed by atoms with Gasteiger partial charge in [0.15, 0.2) is 12.4 Å². The number of pyridine rings is 1. The van der Waals surface area contributed by atoms with Crippen molar-refractivity contribution in [3.05, 3.63) is 183 Å². The van der Waals surface area contributed by atoms with Gasteiger partial charge in [0.1, 0.15) is 6.15 Å². The predicted octanol–water partition coefficient (Wildman–Crippen LogP) is 13.7. The zero-order valence-corrected chi connectivity index (χ0v) is 36.0. The Morgan fingerprint density at radius 1 is 0.356 bits per heavy atom. The van der Waals surface area contributed by atoms with E-state index in [1.165, 1.54) is 0 Å². The molecule has 6 aromatic rings. The molecule has 392 valence electrons. The molecule has 1 aromatic heterocycles. The summed E-state index contributed by atoms with van der Waals surface area (Å²) in [5.41, 5.74) is -29.5. The lowest BCUT2D eigenvalue weighted by atomic mass is 9.12. The van der Waals surface area contributed by atoms with Crippen LogP contribution < -0.4 is 26.4 Å². The largest absolute Gasteiger partial charge is 0.416 e. The molecule has 0 bridgehead atoms. The van der Waals surface area contributed by atoms with Crippen molar-refractivity contribution in [3.8, 4) is 0 Å². The first-order valence-corrected chi connectivity index (χ1v) is 20.0. The standard InChI is InChI=1S/C32H12BF24.C13H11ClNO/c34-25(35,36)13-1-14(26(37,38)39)6-21(5-13)33(22-7-15(27(40,41)42)2-16(8-22)28(43,44)45,23-9-17(29(46,47)48)3-18(10-23)30(49,50)51)24-11-19(31(52,53)54)4-20(12-24)32(55,56)57;14-12-6-4-11(5-7-12)13(16)10-15-8-2-1-3-9-15/h1-12H;1-9H,10H2/q-1;+1. The number of hydrogen-bond acceptors (Lipinski definition) is 1. The molecule has 0 aliphatic carbocycles. The Balaban J connectivity index is 0.000000520. The van der Waals surface area contributed by atoms with E-state index >= 15 is 0 Å².